The molecule has 0 N–H and O–H groups in total. The van der Waals surface area contributed by atoms with Crippen LogP contribution in [-0.4, -0.2) is 5.78 Å². The molecule has 0 atom stereocenters. The molecule has 0 unspecified atom stereocenters. The van der Waals surface area contributed by atoms with Crippen LogP contribution in [0.1, 0.15) is 21.5 Å². The second-order valence-corrected chi connectivity index (χ2v) is 5.48. The van der Waals surface area contributed by atoms with E-state index in [1.807, 2.05) is 37.3 Å². The fraction of sp³-hybridized carbons (Fsp3) is 0.133. The molecule has 0 bridgehead atoms. The van der Waals surface area contributed by atoms with E-state index in [9.17, 15) is 4.79 Å². The molecule has 2 aromatic carbocycles. The van der Waals surface area contributed by atoms with Crippen molar-refractivity contribution in [3.05, 3.63) is 68.7 Å². The lowest BCUT2D eigenvalue weighted by atomic mass is 10.0. The Morgan fingerprint density at radius 3 is 2.44 bits per heavy atom. The van der Waals surface area contributed by atoms with E-state index in [2.05, 4.69) is 15.9 Å². The van der Waals surface area contributed by atoms with Crippen LogP contribution in [0.2, 0.25) is 5.02 Å². The van der Waals surface area contributed by atoms with Gasteiger partial charge in [-0.3, -0.25) is 4.79 Å². The van der Waals surface area contributed by atoms with Gasteiger partial charge in [0, 0.05) is 21.5 Å². The minimum absolute atomic E-state index is 0.118. The summed E-state index contributed by atoms with van der Waals surface area (Å²) in [6.07, 6.45) is 0.401. The monoisotopic (exact) mass is 322 g/mol. The van der Waals surface area contributed by atoms with Crippen LogP contribution < -0.4 is 0 Å². The molecule has 0 fully saturated rings. The van der Waals surface area contributed by atoms with Gasteiger partial charge in [0.15, 0.2) is 5.78 Å². The third-order valence-electron chi connectivity index (χ3n) is 2.76. The first-order valence-corrected chi connectivity index (χ1v) is 6.77. The highest BCUT2D eigenvalue weighted by atomic mass is 79.9. The number of aryl methyl sites for hydroxylation is 1. The Labute approximate surface area is 120 Å². The molecule has 0 spiro atoms. The summed E-state index contributed by atoms with van der Waals surface area (Å²) in [5.74, 6) is 0.118. The van der Waals surface area contributed by atoms with E-state index in [0.717, 1.165) is 21.2 Å². The zero-order valence-corrected chi connectivity index (χ0v) is 12.3. The highest BCUT2D eigenvalue weighted by Gasteiger charge is 2.08. The van der Waals surface area contributed by atoms with Gasteiger partial charge in [0.2, 0.25) is 0 Å². The summed E-state index contributed by atoms with van der Waals surface area (Å²) in [6, 6.07) is 13.0. The molecule has 0 aliphatic carbocycles. The normalized spacial score (nSPS) is 10.4. The van der Waals surface area contributed by atoms with Gasteiger partial charge in [-0.05, 0) is 42.3 Å². The van der Waals surface area contributed by atoms with E-state index in [1.54, 1.807) is 12.1 Å². The lowest BCUT2D eigenvalue weighted by Crippen LogP contribution is -2.03. The van der Waals surface area contributed by atoms with Gasteiger partial charge >= 0.3 is 0 Å². The van der Waals surface area contributed by atoms with Crippen molar-refractivity contribution < 1.29 is 4.79 Å². The van der Waals surface area contributed by atoms with Crippen molar-refractivity contribution in [1.82, 2.24) is 0 Å². The number of carbonyl (C=O) groups is 1. The van der Waals surface area contributed by atoms with E-state index in [0.29, 0.717) is 11.4 Å². The first kappa shape index (κ1) is 13.3. The predicted octanol–water partition coefficient (Wildman–Crippen LogP) is 4.84. The Hall–Kier alpha value is -1.12. The molecular weight excluding hydrogens is 312 g/mol. The van der Waals surface area contributed by atoms with E-state index >= 15 is 0 Å². The molecule has 0 saturated carbocycles. The molecule has 3 heteroatoms. The van der Waals surface area contributed by atoms with Crippen molar-refractivity contribution >= 4 is 33.3 Å². The second-order valence-electron chi connectivity index (χ2n) is 4.19. The van der Waals surface area contributed by atoms with Crippen molar-refractivity contribution in [3.8, 4) is 0 Å². The Morgan fingerprint density at radius 1 is 1.17 bits per heavy atom. The second kappa shape index (κ2) is 5.68. The number of halogens is 2. The van der Waals surface area contributed by atoms with Crippen molar-refractivity contribution in [1.29, 1.82) is 0 Å². The average Bonchev–Trinajstić information content (AvgIpc) is 2.35. The summed E-state index contributed by atoms with van der Waals surface area (Å²) < 4.78 is 1.02. The topological polar surface area (TPSA) is 17.1 Å². The highest BCUT2D eigenvalue weighted by Crippen LogP contribution is 2.18. The summed E-state index contributed by atoms with van der Waals surface area (Å²) in [5.41, 5.74) is 2.78. The molecule has 18 heavy (non-hydrogen) atoms. The average molecular weight is 324 g/mol. The van der Waals surface area contributed by atoms with Crippen LogP contribution in [0.4, 0.5) is 0 Å². The predicted molar refractivity (Wildman–Crippen MR) is 78.4 cm³/mol. The maximum absolute atomic E-state index is 12.1. The zero-order chi connectivity index (χ0) is 13.1. The van der Waals surface area contributed by atoms with Crippen LogP contribution in [0, 0.1) is 6.92 Å². The summed E-state index contributed by atoms with van der Waals surface area (Å²) >= 11 is 9.24. The van der Waals surface area contributed by atoms with Crippen LogP contribution >= 0.6 is 27.5 Å². The standard InChI is InChI=1S/C15H12BrClO/c1-10-8-12(4-7-14(10)16)15(18)9-11-2-5-13(17)6-3-11/h2-8H,9H2,1H3. The molecule has 92 valence electrons. The first-order chi connectivity index (χ1) is 8.56. The lowest BCUT2D eigenvalue weighted by Gasteiger charge is -2.04. The van der Waals surface area contributed by atoms with E-state index < -0.39 is 0 Å². The Kier molecular flexibility index (Phi) is 4.20. The molecular formula is C15H12BrClO. The number of hydrogen-bond donors (Lipinski definition) is 0. The van der Waals surface area contributed by atoms with Crippen LogP contribution in [-0.2, 0) is 6.42 Å². The molecule has 0 heterocycles. The lowest BCUT2D eigenvalue weighted by molar-refractivity contribution is 0.0993. The van der Waals surface area contributed by atoms with Crippen LogP contribution in [0.15, 0.2) is 46.9 Å². The quantitative estimate of drug-likeness (QED) is 0.739. The van der Waals surface area contributed by atoms with Crippen molar-refractivity contribution in [3.63, 3.8) is 0 Å². The Balaban J connectivity index is 2.16. The molecule has 0 aromatic heterocycles. The van der Waals surface area contributed by atoms with Crippen LogP contribution in [0.3, 0.4) is 0 Å². The van der Waals surface area contributed by atoms with Crippen LogP contribution in [0.25, 0.3) is 0 Å². The van der Waals surface area contributed by atoms with Gasteiger partial charge in [0.25, 0.3) is 0 Å². The smallest absolute Gasteiger partial charge is 0.167 e. The summed E-state index contributed by atoms with van der Waals surface area (Å²) in [4.78, 5) is 12.1. The molecule has 1 nitrogen and oxygen atoms in total. The Bertz CT molecular complexity index is 576. The number of carbonyl (C=O) groups excluding carboxylic acids is 1. The number of rotatable bonds is 3. The van der Waals surface area contributed by atoms with Gasteiger partial charge in [-0.15, -0.1) is 0 Å². The highest BCUT2D eigenvalue weighted by molar-refractivity contribution is 9.10. The number of ketones is 1. The zero-order valence-electron chi connectivity index (χ0n) is 9.91. The van der Waals surface area contributed by atoms with E-state index in [1.165, 1.54) is 0 Å². The third-order valence-corrected chi connectivity index (χ3v) is 3.90. The molecule has 0 amide bonds. The van der Waals surface area contributed by atoms with Gasteiger partial charge in [0.05, 0.1) is 0 Å². The van der Waals surface area contributed by atoms with E-state index in [-0.39, 0.29) is 5.78 Å². The molecule has 0 saturated heterocycles. The summed E-state index contributed by atoms with van der Waals surface area (Å²) in [7, 11) is 0. The number of benzene rings is 2. The molecule has 0 aliphatic heterocycles. The first-order valence-electron chi connectivity index (χ1n) is 5.60. The third kappa shape index (κ3) is 3.21. The van der Waals surface area contributed by atoms with Crippen molar-refractivity contribution in [2.24, 2.45) is 0 Å². The molecule has 2 aromatic rings. The minimum atomic E-state index is 0.118. The minimum Gasteiger partial charge on any atom is -0.294 e. The maximum Gasteiger partial charge on any atom is 0.167 e. The molecule has 2 rings (SSSR count). The van der Waals surface area contributed by atoms with Crippen molar-refractivity contribution in [2.45, 2.75) is 13.3 Å². The van der Waals surface area contributed by atoms with Gasteiger partial charge in [-0.1, -0.05) is 45.7 Å². The van der Waals surface area contributed by atoms with E-state index in [4.69, 9.17) is 11.6 Å². The largest absolute Gasteiger partial charge is 0.294 e. The Morgan fingerprint density at radius 2 is 1.83 bits per heavy atom. The van der Waals surface area contributed by atoms with Gasteiger partial charge in [-0.25, -0.2) is 0 Å². The summed E-state index contributed by atoms with van der Waals surface area (Å²) in [6.45, 7) is 1.98. The maximum atomic E-state index is 12.1. The fourth-order valence-electron chi connectivity index (χ4n) is 1.71. The van der Waals surface area contributed by atoms with Gasteiger partial charge < -0.3 is 0 Å². The van der Waals surface area contributed by atoms with Crippen LogP contribution in [0.5, 0.6) is 0 Å². The SMILES string of the molecule is Cc1cc(C(=O)Cc2ccc(Cl)cc2)ccc1Br. The fourth-order valence-corrected chi connectivity index (χ4v) is 2.08. The molecule has 0 radical (unpaired) electrons. The van der Waals surface area contributed by atoms with Crippen molar-refractivity contribution in [2.75, 3.05) is 0 Å². The van der Waals surface area contributed by atoms with Gasteiger partial charge in [-0.2, -0.15) is 0 Å². The molecule has 0 aliphatic rings. The van der Waals surface area contributed by atoms with Gasteiger partial charge in [0.1, 0.15) is 0 Å². The number of hydrogen-bond acceptors (Lipinski definition) is 1. The summed E-state index contributed by atoms with van der Waals surface area (Å²) in [5, 5.41) is 0.686. The number of Topliss-reactive ketones (excluding diaryl/α,β-unsaturated/α-hetero) is 1.